The lowest BCUT2D eigenvalue weighted by Gasteiger charge is -2.13. The summed E-state index contributed by atoms with van der Waals surface area (Å²) >= 11 is 0. The van der Waals surface area contributed by atoms with Gasteiger partial charge < -0.3 is 10.4 Å². The Morgan fingerprint density at radius 2 is 2.42 bits per heavy atom. The normalized spacial score (nSPS) is 12.3. The molecule has 2 aromatic rings. The van der Waals surface area contributed by atoms with Gasteiger partial charge in [0.25, 0.3) is 0 Å². The van der Waals surface area contributed by atoms with Crippen LogP contribution in [-0.2, 0) is 6.54 Å². The van der Waals surface area contributed by atoms with Gasteiger partial charge in [-0.15, -0.1) is 5.10 Å². The van der Waals surface area contributed by atoms with E-state index < -0.39 is 5.97 Å². The van der Waals surface area contributed by atoms with Crippen molar-refractivity contribution in [3.8, 4) is 0 Å². The maximum absolute atomic E-state index is 10.6. The van der Waals surface area contributed by atoms with Gasteiger partial charge >= 0.3 is 5.97 Å². The number of hydrogen-bond donors (Lipinski definition) is 2. The first kappa shape index (κ1) is 13.2. The van der Waals surface area contributed by atoms with Gasteiger partial charge in [0.1, 0.15) is 0 Å². The molecule has 2 aromatic heterocycles. The summed E-state index contributed by atoms with van der Waals surface area (Å²) in [6, 6.07) is 4.07. The smallest absolute Gasteiger partial charge is 0.358 e. The zero-order valence-corrected chi connectivity index (χ0v) is 10.5. The number of rotatable bonds is 6. The molecule has 100 valence electrons. The molecule has 0 radical (unpaired) electrons. The van der Waals surface area contributed by atoms with Crippen molar-refractivity contribution in [2.45, 2.75) is 19.5 Å². The highest BCUT2D eigenvalue weighted by Crippen LogP contribution is 2.08. The number of pyridine rings is 1. The predicted molar refractivity (Wildman–Crippen MR) is 67.6 cm³/mol. The first-order valence-corrected chi connectivity index (χ1v) is 5.93. The van der Waals surface area contributed by atoms with Crippen molar-refractivity contribution in [1.82, 2.24) is 25.3 Å². The fourth-order valence-corrected chi connectivity index (χ4v) is 1.65. The van der Waals surface area contributed by atoms with Crippen LogP contribution in [0, 0.1) is 0 Å². The summed E-state index contributed by atoms with van der Waals surface area (Å²) in [5, 5.41) is 19.3. The van der Waals surface area contributed by atoms with Crippen molar-refractivity contribution in [1.29, 1.82) is 0 Å². The second kappa shape index (κ2) is 6.05. The van der Waals surface area contributed by atoms with Crippen molar-refractivity contribution in [3.63, 3.8) is 0 Å². The average molecular weight is 261 g/mol. The van der Waals surface area contributed by atoms with Crippen molar-refractivity contribution < 1.29 is 9.90 Å². The molecule has 1 unspecified atom stereocenters. The Balaban J connectivity index is 1.81. The van der Waals surface area contributed by atoms with E-state index in [0.717, 1.165) is 5.56 Å². The van der Waals surface area contributed by atoms with Gasteiger partial charge in [-0.2, -0.15) is 0 Å². The van der Waals surface area contributed by atoms with Gasteiger partial charge in [0.15, 0.2) is 5.69 Å². The second-order valence-corrected chi connectivity index (χ2v) is 4.13. The van der Waals surface area contributed by atoms with Gasteiger partial charge in [-0.1, -0.05) is 11.3 Å². The van der Waals surface area contributed by atoms with Crippen molar-refractivity contribution in [2.75, 3.05) is 6.54 Å². The molecular weight excluding hydrogens is 246 g/mol. The van der Waals surface area contributed by atoms with E-state index >= 15 is 0 Å². The molecule has 0 amide bonds. The number of nitrogens with zero attached hydrogens (tertiary/aromatic N) is 4. The predicted octanol–water partition coefficient (Wildman–Crippen LogP) is 0.722. The Morgan fingerprint density at radius 1 is 1.58 bits per heavy atom. The molecule has 0 aliphatic rings. The van der Waals surface area contributed by atoms with E-state index in [4.69, 9.17) is 5.11 Å². The monoisotopic (exact) mass is 261 g/mol. The van der Waals surface area contributed by atoms with E-state index in [0.29, 0.717) is 13.1 Å². The van der Waals surface area contributed by atoms with Crippen LogP contribution in [-0.4, -0.2) is 37.6 Å². The van der Waals surface area contributed by atoms with Gasteiger partial charge in [0.05, 0.1) is 12.7 Å². The van der Waals surface area contributed by atoms with Crippen LogP contribution >= 0.6 is 0 Å². The lowest BCUT2D eigenvalue weighted by atomic mass is 10.1. The minimum Gasteiger partial charge on any atom is -0.476 e. The Labute approximate surface area is 110 Å². The van der Waals surface area contributed by atoms with Crippen molar-refractivity contribution >= 4 is 5.97 Å². The summed E-state index contributed by atoms with van der Waals surface area (Å²) in [5.41, 5.74) is 1.06. The summed E-state index contributed by atoms with van der Waals surface area (Å²) in [7, 11) is 0. The van der Waals surface area contributed by atoms with E-state index in [9.17, 15) is 4.79 Å². The number of aromatic nitrogens is 4. The molecule has 2 N–H and O–H groups in total. The van der Waals surface area contributed by atoms with Crippen LogP contribution in [0.4, 0.5) is 0 Å². The molecule has 0 aliphatic heterocycles. The highest BCUT2D eigenvalue weighted by atomic mass is 16.4. The maximum Gasteiger partial charge on any atom is 0.358 e. The standard InChI is InChI=1S/C12H15N5O2/c1-9(10-3-2-4-13-7-10)14-5-6-17-8-11(12(18)19)15-16-17/h2-4,7-9,14H,5-6H2,1H3,(H,18,19). The molecule has 2 rings (SSSR count). The second-order valence-electron chi connectivity index (χ2n) is 4.13. The molecule has 0 aromatic carbocycles. The minimum absolute atomic E-state index is 0.0414. The molecule has 1 atom stereocenters. The first-order chi connectivity index (χ1) is 9.16. The molecule has 0 bridgehead atoms. The summed E-state index contributed by atoms with van der Waals surface area (Å²) in [6.45, 7) is 3.27. The fraction of sp³-hybridized carbons (Fsp3) is 0.333. The number of carboxylic acids is 1. The van der Waals surface area contributed by atoms with E-state index in [1.807, 2.05) is 25.3 Å². The molecule has 0 fully saturated rings. The third-order valence-corrected chi connectivity index (χ3v) is 2.73. The van der Waals surface area contributed by atoms with Crippen molar-refractivity contribution in [2.24, 2.45) is 0 Å². The topological polar surface area (TPSA) is 92.9 Å². The summed E-state index contributed by atoms with van der Waals surface area (Å²) in [5.74, 6) is -1.07. The fourth-order valence-electron chi connectivity index (χ4n) is 1.65. The van der Waals surface area contributed by atoms with Gasteiger partial charge in [-0.3, -0.25) is 9.67 Å². The average Bonchev–Trinajstić information content (AvgIpc) is 2.89. The van der Waals surface area contributed by atoms with E-state index in [2.05, 4.69) is 20.6 Å². The molecule has 0 spiro atoms. The maximum atomic E-state index is 10.6. The first-order valence-electron chi connectivity index (χ1n) is 5.93. The Bertz CT molecular complexity index is 540. The number of carboxylic acid groups (broad SMARTS) is 1. The summed E-state index contributed by atoms with van der Waals surface area (Å²) in [6.07, 6.45) is 4.97. The highest BCUT2D eigenvalue weighted by molar-refractivity contribution is 5.84. The molecule has 0 aliphatic carbocycles. The van der Waals surface area contributed by atoms with Gasteiger partial charge in [-0.25, -0.2) is 4.79 Å². The van der Waals surface area contributed by atoms with Crippen molar-refractivity contribution in [3.05, 3.63) is 42.0 Å². The molecule has 0 saturated carbocycles. The van der Waals surface area contributed by atoms with E-state index in [1.54, 1.807) is 6.20 Å². The molecule has 7 heteroatoms. The van der Waals surface area contributed by atoms with Crippen LogP contribution in [0.2, 0.25) is 0 Å². The van der Waals surface area contributed by atoms with Crippen LogP contribution in [0.1, 0.15) is 29.0 Å². The quantitative estimate of drug-likeness (QED) is 0.796. The van der Waals surface area contributed by atoms with Gasteiger partial charge in [-0.05, 0) is 18.6 Å². The van der Waals surface area contributed by atoms with Crippen LogP contribution in [0.5, 0.6) is 0 Å². The lowest BCUT2D eigenvalue weighted by Crippen LogP contribution is -2.23. The largest absolute Gasteiger partial charge is 0.476 e. The van der Waals surface area contributed by atoms with Crippen LogP contribution in [0.15, 0.2) is 30.7 Å². The Hall–Kier alpha value is -2.28. The van der Waals surface area contributed by atoms with Gasteiger partial charge in [0, 0.05) is 25.0 Å². The number of aromatic carboxylic acids is 1. The Morgan fingerprint density at radius 3 is 3.05 bits per heavy atom. The lowest BCUT2D eigenvalue weighted by molar-refractivity contribution is 0.0690. The molecule has 2 heterocycles. The number of carbonyl (C=O) groups is 1. The zero-order chi connectivity index (χ0) is 13.7. The van der Waals surface area contributed by atoms with E-state index in [-0.39, 0.29) is 11.7 Å². The summed E-state index contributed by atoms with van der Waals surface area (Å²) < 4.78 is 1.51. The van der Waals surface area contributed by atoms with Crippen LogP contribution in [0.25, 0.3) is 0 Å². The number of hydrogen-bond acceptors (Lipinski definition) is 5. The zero-order valence-electron chi connectivity index (χ0n) is 10.5. The van der Waals surface area contributed by atoms with Gasteiger partial charge in [0.2, 0.25) is 0 Å². The number of nitrogens with one attached hydrogen (secondary N) is 1. The minimum atomic E-state index is -1.07. The molecule has 0 saturated heterocycles. The SMILES string of the molecule is CC(NCCn1cc(C(=O)O)nn1)c1cccnc1. The highest BCUT2D eigenvalue weighted by Gasteiger charge is 2.08. The molecular formula is C12H15N5O2. The Kier molecular flexibility index (Phi) is 4.19. The van der Waals surface area contributed by atoms with Crippen LogP contribution in [0.3, 0.4) is 0 Å². The van der Waals surface area contributed by atoms with Crippen LogP contribution < -0.4 is 5.32 Å². The third-order valence-electron chi connectivity index (χ3n) is 2.73. The summed E-state index contributed by atoms with van der Waals surface area (Å²) in [4.78, 5) is 14.7. The molecule has 19 heavy (non-hydrogen) atoms. The molecule has 7 nitrogen and oxygen atoms in total. The van der Waals surface area contributed by atoms with E-state index in [1.165, 1.54) is 10.9 Å². The third kappa shape index (κ3) is 3.59.